The number of H-pyrrole nitrogens is 1. The lowest BCUT2D eigenvalue weighted by Gasteiger charge is -2.19. The number of aliphatic imine (C=N–C) groups is 1. The summed E-state index contributed by atoms with van der Waals surface area (Å²) in [4.78, 5) is 84.3. The van der Waals surface area contributed by atoms with Gasteiger partial charge in [-0.3, -0.25) is 39.2 Å². The zero-order valence-corrected chi connectivity index (χ0v) is 49.9. The van der Waals surface area contributed by atoms with Crippen molar-refractivity contribution in [3.8, 4) is 0 Å². The van der Waals surface area contributed by atoms with E-state index in [9.17, 15) is 44.2 Å². The first-order valence-electron chi connectivity index (χ1n) is 25.6. The summed E-state index contributed by atoms with van der Waals surface area (Å²) < 4.78 is 29.2. The molecule has 0 fully saturated rings. The summed E-state index contributed by atoms with van der Waals surface area (Å²) in [6.07, 6.45) is 3.76. The Hall–Kier alpha value is -9.52. The van der Waals surface area contributed by atoms with Crippen LogP contribution in [0.1, 0.15) is 90.0 Å². The van der Waals surface area contributed by atoms with E-state index in [1.807, 2.05) is 90.9 Å². The molecule has 0 unspecified atom stereocenters. The molecule has 8 aromatic rings. The number of isothiocyanates is 1. The molecule has 0 bridgehead atoms. The Balaban J connectivity index is 0.000000281. The molecule has 0 atom stereocenters. The molecule has 24 nitrogen and oxygen atoms in total. The molecule has 0 radical (unpaired) electrons. The van der Waals surface area contributed by atoms with Crippen molar-refractivity contribution in [1.29, 1.82) is 0 Å². The fourth-order valence-corrected chi connectivity index (χ4v) is 7.29. The maximum absolute atomic E-state index is 12.3. The predicted molar refractivity (Wildman–Crippen MR) is 327 cm³/mol. The minimum Gasteiger partial charge on any atom is -0.450 e. The van der Waals surface area contributed by atoms with Gasteiger partial charge in [0.2, 0.25) is 0 Å². The molecule has 442 valence electrons. The number of carbonyl (C=O) groups excluding carboxylic acids is 5. The summed E-state index contributed by atoms with van der Waals surface area (Å²) in [6.45, 7) is 24.2. The molecule has 26 heteroatoms. The number of hydrogen-bond donors (Lipinski definition) is 4. The minimum atomic E-state index is -0.678. The fourth-order valence-electron chi connectivity index (χ4n) is 7.02. The van der Waals surface area contributed by atoms with Crippen LogP contribution in [-0.2, 0) is 23.7 Å². The number of carbonyl (C=O) groups is 5. The van der Waals surface area contributed by atoms with Crippen molar-refractivity contribution in [2.24, 2.45) is 4.99 Å². The number of nitrogens with zero attached hydrogens (tertiary/aromatic N) is 6. The third-order valence-corrected chi connectivity index (χ3v) is 10.4. The summed E-state index contributed by atoms with van der Waals surface area (Å²) in [5, 5.41) is 31.4. The molecule has 4 aromatic carbocycles. The molecule has 5 N–H and O–H groups in total. The van der Waals surface area contributed by atoms with E-state index >= 15 is 0 Å². The second-order valence-corrected chi connectivity index (χ2v) is 20.2. The molecule has 0 spiro atoms. The number of hydrogen-bond acceptors (Lipinski definition) is 17. The second kappa shape index (κ2) is 30.9. The molecule has 8 rings (SSSR count). The van der Waals surface area contributed by atoms with Crippen molar-refractivity contribution < 1.29 is 57.5 Å². The van der Waals surface area contributed by atoms with Crippen molar-refractivity contribution in [2.45, 2.75) is 107 Å². The van der Waals surface area contributed by atoms with Crippen molar-refractivity contribution in [3.63, 3.8) is 0 Å². The molecule has 0 aliphatic carbocycles. The van der Waals surface area contributed by atoms with Gasteiger partial charge in [0.25, 0.3) is 11.4 Å². The van der Waals surface area contributed by atoms with Gasteiger partial charge in [-0.15, -0.1) is 4.99 Å². The molecular formula is C57H68N10O14S2. The Labute approximate surface area is 489 Å². The molecule has 4 aromatic heterocycles. The summed E-state index contributed by atoms with van der Waals surface area (Å²) >= 11 is 9.22. The maximum Gasteiger partial charge on any atom is 0.442 e. The third-order valence-electron chi connectivity index (χ3n) is 10.1. The van der Waals surface area contributed by atoms with Crippen LogP contribution in [0.2, 0.25) is 0 Å². The van der Waals surface area contributed by atoms with Crippen molar-refractivity contribution in [3.05, 3.63) is 142 Å². The summed E-state index contributed by atoms with van der Waals surface area (Å²) in [5.74, 6) is 0. The van der Waals surface area contributed by atoms with Gasteiger partial charge >= 0.3 is 30.5 Å². The highest BCUT2D eigenvalue weighted by atomic mass is 32.1. The topological polar surface area (TPSA) is 311 Å². The van der Waals surface area contributed by atoms with Crippen LogP contribution in [0, 0.1) is 20.2 Å². The maximum atomic E-state index is 12.3. The van der Waals surface area contributed by atoms with Gasteiger partial charge < -0.3 is 39.7 Å². The number of anilines is 2. The normalized spacial score (nSPS) is 10.6. The molecule has 0 saturated carbocycles. The Morgan fingerprint density at radius 1 is 0.614 bits per heavy atom. The smallest absolute Gasteiger partial charge is 0.442 e. The van der Waals surface area contributed by atoms with Crippen molar-refractivity contribution >= 4 is 132 Å². The number of rotatable bonds is 5. The number of non-ortho nitro benzene ring substituents is 2. The Morgan fingerprint density at radius 3 is 1.51 bits per heavy atom. The van der Waals surface area contributed by atoms with Crippen LogP contribution in [0.15, 0.2) is 127 Å². The van der Waals surface area contributed by atoms with Crippen LogP contribution >= 0.6 is 24.4 Å². The highest BCUT2D eigenvalue weighted by Gasteiger charge is 2.23. The predicted octanol–water partition coefficient (Wildman–Crippen LogP) is 14.6. The average Bonchev–Trinajstić information content (AvgIpc) is 4.36. The molecule has 83 heavy (non-hydrogen) atoms. The van der Waals surface area contributed by atoms with E-state index in [0.717, 1.165) is 21.8 Å². The number of alkyl carbamates (subject to hydrolysis) is 1. The van der Waals surface area contributed by atoms with Gasteiger partial charge in [0.1, 0.15) is 16.8 Å². The summed E-state index contributed by atoms with van der Waals surface area (Å²) in [6, 6.07) is 27.2. The first-order valence-corrected chi connectivity index (χ1v) is 26.4. The zero-order valence-electron chi connectivity index (χ0n) is 48.3. The number of nitro benzene ring substituents is 2. The summed E-state index contributed by atoms with van der Waals surface area (Å²) in [5.41, 5.74) is 8.24. The number of nitrogens with two attached hydrogens (primary N) is 1. The first kappa shape index (κ1) is 67.8. The lowest BCUT2D eigenvalue weighted by atomic mass is 10.2. The monoisotopic (exact) mass is 1180 g/mol. The molecule has 0 aliphatic heterocycles. The number of amides is 2. The van der Waals surface area contributed by atoms with Gasteiger partial charge in [-0.25, -0.2) is 24.0 Å². The van der Waals surface area contributed by atoms with E-state index in [2.05, 4.69) is 37.6 Å². The molecule has 4 heterocycles. The van der Waals surface area contributed by atoms with Gasteiger partial charge in [-0.2, -0.15) is 0 Å². The van der Waals surface area contributed by atoms with E-state index in [-0.39, 0.29) is 28.0 Å². The van der Waals surface area contributed by atoms with Crippen molar-refractivity contribution in [1.82, 2.24) is 24.0 Å². The van der Waals surface area contributed by atoms with Gasteiger partial charge in [0.15, 0.2) is 5.11 Å². The number of thiocarbonyl (C=S) groups is 2. The molecule has 0 aliphatic rings. The van der Waals surface area contributed by atoms with Crippen LogP contribution < -0.4 is 16.4 Å². The number of aromatic nitrogens is 4. The van der Waals surface area contributed by atoms with E-state index in [0.29, 0.717) is 39.8 Å². The lowest BCUT2D eigenvalue weighted by Crippen LogP contribution is -2.34. The van der Waals surface area contributed by atoms with Gasteiger partial charge in [-0.05, 0) is 161 Å². The Bertz CT molecular complexity index is 3630. The SMILES string of the molecule is CC.CC(C)(C)OC(=O)n1ccc2c(N)cccc21.CC(C)(C)OC(=O)n1ccc2c([N+](=O)[O-])cccc21.CCOC(=O)N=C=S.CCOC(=O)NC(=S)Nc1cccc2c1ccn2C(=O)OC(C)(C)C.O=[N+]([O-])c1cccc2[nH]ccc12. The van der Waals surface area contributed by atoms with Crippen LogP contribution in [0.3, 0.4) is 0 Å². The van der Waals surface area contributed by atoms with Crippen LogP contribution in [0.5, 0.6) is 0 Å². The van der Waals surface area contributed by atoms with Crippen LogP contribution in [-0.4, -0.2) is 99.3 Å². The minimum absolute atomic E-state index is 0.0280. The number of ether oxygens (including phenoxy) is 5. The van der Waals surface area contributed by atoms with E-state index < -0.39 is 52.2 Å². The first-order chi connectivity index (χ1) is 39.0. The number of aromatic amines is 1. The highest BCUT2D eigenvalue weighted by molar-refractivity contribution is 7.80. The lowest BCUT2D eigenvalue weighted by molar-refractivity contribution is -0.383. The van der Waals surface area contributed by atoms with E-state index in [1.54, 1.807) is 102 Å². The van der Waals surface area contributed by atoms with Crippen LogP contribution in [0.4, 0.5) is 46.7 Å². The zero-order chi connectivity index (χ0) is 62.4. The Morgan fingerprint density at radius 2 is 1.04 bits per heavy atom. The summed E-state index contributed by atoms with van der Waals surface area (Å²) in [7, 11) is 0. The number of benzene rings is 4. The quantitative estimate of drug-likeness (QED) is 0.0311. The number of nitrogen functional groups attached to an aromatic ring is 1. The molecular weight excluding hydrogens is 1110 g/mol. The van der Waals surface area contributed by atoms with Gasteiger partial charge in [0, 0.05) is 59.1 Å². The van der Waals surface area contributed by atoms with Gasteiger partial charge in [0.05, 0.1) is 61.1 Å². The number of fused-ring (bicyclic) bond motifs is 4. The largest absolute Gasteiger partial charge is 0.450 e. The van der Waals surface area contributed by atoms with E-state index in [4.69, 9.17) is 36.9 Å². The second-order valence-electron chi connectivity index (χ2n) is 19.7. The van der Waals surface area contributed by atoms with E-state index in [1.165, 1.54) is 38.1 Å². The Kier molecular flexibility index (Phi) is 25.2. The highest BCUT2D eigenvalue weighted by Crippen LogP contribution is 2.29. The van der Waals surface area contributed by atoms with Crippen molar-refractivity contribution in [2.75, 3.05) is 24.3 Å². The van der Waals surface area contributed by atoms with Crippen LogP contribution in [0.25, 0.3) is 43.6 Å². The third kappa shape index (κ3) is 20.8. The van der Waals surface area contributed by atoms with Gasteiger partial charge in [-0.1, -0.05) is 38.1 Å². The fraction of sp³-hybridized carbons (Fsp3) is 0.316. The molecule has 2 amide bonds. The standard InChI is InChI=1S/C17H21N3O4S.C13H14N2O4.C13H16N2O2.C8H6N2O2.C4H5NO2S.C2H6/c1-5-23-15(21)19-14(25)18-12-7-6-8-13-11(12)9-10-20(13)16(22)24-17(2,3)4;1-13(2,3)19-12(16)14-8-7-9-10(14)5-4-6-11(9)15(17)18;1-13(2,3)17-12(16)15-8-7-9-10(14)5-4-6-11(9)15;11-10(12)8-3-1-2-7-6(8)4-5-9-7;1-2-7-4(6)5-3-8;1-2/h6-10H,5H2,1-4H3,(H2,18,19,21,25);4-8H,1-3H3;4-8H,14H2,1-3H3;1-5,9H;2H2,1H3;1-2H3. The number of nitro groups is 2. The number of nitrogens with one attached hydrogen (secondary N) is 3. The average molecular weight is 1180 g/mol. The molecule has 0 saturated heterocycles.